The normalized spacial score (nSPS) is 21.1. The molecule has 0 spiro atoms. The lowest BCUT2D eigenvalue weighted by atomic mass is 9.88. The molecular formula is C13H23N3OS. The molecule has 2 heterocycles. The van der Waals surface area contributed by atoms with Crippen molar-refractivity contribution in [2.75, 3.05) is 33.9 Å². The summed E-state index contributed by atoms with van der Waals surface area (Å²) in [6.45, 7) is 4.90. The first-order chi connectivity index (χ1) is 8.64. The van der Waals surface area contributed by atoms with Crippen LogP contribution in [0.25, 0.3) is 0 Å². The van der Waals surface area contributed by atoms with Gasteiger partial charge >= 0.3 is 0 Å². The number of hydrogen-bond acceptors (Lipinski definition) is 5. The largest absolute Gasteiger partial charge is 0.381 e. The third-order valence-electron chi connectivity index (χ3n) is 4.01. The molecule has 102 valence electrons. The monoisotopic (exact) mass is 269 g/mol. The second-order valence-corrected chi connectivity index (χ2v) is 5.92. The van der Waals surface area contributed by atoms with E-state index in [0.29, 0.717) is 6.04 Å². The summed E-state index contributed by atoms with van der Waals surface area (Å²) in [6, 6.07) is 2.41. The highest BCUT2D eigenvalue weighted by Gasteiger charge is 2.34. The van der Waals surface area contributed by atoms with E-state index in [2.05, 4.69) is 41.7 Å². The first-order valence-corrected chi connectivity index (χ1v) is 7.36. The maximum Gasteiger partial charge on any atom is 0.0708 e. The zero-order chi connectivity index (χ0) is 13.0. The highest BCUT2D eigenvalue weighted by Crippen LogP contribution is 2.26. The summed E-state index contributed by atoms with van der Waals surface area (Å²) >= 11 is 1.51. The molecule has 1 N–H and O–H groups in total. The molecule has 4 nitrogen and oxygen atoms in total. The van der Waals surface area contributed by atoms with Crippen LogP contribution < -0.4 is 5.32 Å². The van der Waals surface area contributed by atoms with Gasteiger partial charge in [-0.15, -0.1) is 0 Å². The summed E-state index contributed by atoms with van der Waals surface area (Å²) in [5, 5.41) is 5.66. The molecule has 0 amide bonds. The van der Waals surface area contributed by atoms with Crippen molar-refractivity contribution in [1.82, 2.24) is 14.6 Å². The van der Waals surface area contributed by atoms with Gasteiger partial charge in [0.25, 0.3) is 0 Å². The molecule has 1 atom stereocenters. The molecule has 1 aromatic rings. The highest BCUT2D eigenvalue weighted by molar-refractivity contribution is 7.03. The van der Waals surface area contributed by atoms with Crippen molar-refractivity contribution in [1.29, 1.82) is 0 Å². The van der Waals surface area contributed by atoms with Crippen LogP contribution in [0, 0.1) is 0 Å². The molecule has 0 aliphatic carbocycles. The van der Waals surface area contributed by atoms with Crippen LogP contribution in [-0.4, -0.2) is 48.7 Å². The Morgan fingerprint density at radius 3 is 2.78 bits per heavy atom. The number of ether oxygens (including phenoxy) is 1. The van der Waals surface area contributed by atoms with E-state index in [1.165, 1.54) is 11.5 Å². The number of hydrogen-bond donors (Lipinski definition) is 1. The molecule has 1 aliphatic heterocycles. The van der Waals surface area contributed by atoms with Crippen molar-refractivity contribution in [3.05, 3.63) is 17.1 Å². The lowest BCUT2D eigenvalue weighted by molar-refractivity contribution is -0.00810. The minimum absolute atomic E-state index is 0.225. The minimum Gasteiger partial charge on any atom is -0.381 e. The van der Waals surface area contributed by atoms with E-state index >= 15 is 0 Å². The molecule has 1 saturated heterocycles. The fourth-order valence-corrected chi connectivity index (χ4v) is 3.03. The van der Waals surface area contributed by atoms with Gasteiger partial charge in [-0.2, -0.15) is 4.37 Å². The van der Waals surface area contributed by atoms with E-state index in [4.69, 9.17) is 4.74 Å². The Hall–Kier alpha value is -0.490. The van der Waals surface area contributed by atoms with Gasteiger partial charge in [-0.05, 0) is 51.5 Å². The summed E-state index contributed by atoms with van der Waals surface area (Å²) in [5.41, 5.74) is 1.36. The van der Waals surface area contributed by atoms with Gasteiger partial charge in [0.05, 0.1) is 5.69 Å². The third-order valence-corrected chi connectivity index (χ3v) is 4.58. The maximum atomic E-state index is 5.49. The molecule has 0 aromatic carbocycles. The Balaban J connectivity index is 1.93. The molecule has 0 saturated carbocycles. The van der Waals surface area contributed by atoms with E-state index < -0.39 is 0 Å². The van der Waals surface area contributed by atoms with E-state index in [1.54, 1.807) is 0 Å². The molecule has 1 aliphatic rings. The van der Waals surface area contributed by atoms with E-state index in [-0.39, 0.29) is 5.54 Å². The van der Waals surface area contributed by atoms with Gasteiger partial charge < -0.3 is 15.0 Å². The molecule has 18 heavy (non-hydrogen) atoms. The van der Waals surface area contributed by atoms with Gasteiger partial charge in [0, 0.05) is 36.7 Å². The average molecular weight is 269 g/mol. The second-order valence-electron chi connectivity index (χ2n) is 5.26. The summed E-state index contributed by atoms with van der Waals surface area (Å²) < 4.78 is 9.88. The predicted molar refractivity (Wildman–Crippen MR) is 75.0 cm³/mol. The Labute approximate surface area is 113 Å². The lowest BCUT2D eigenvalue weighted by Crippen LogP contribution is -2.55. The van der Waals surface area contributed by atoms with Gasteiger partial charge in [-0.25, -0.2) is 0 Å². The van der Waals surface area contributed by atoms with Crippen LogP contribution in [-0.2, 0) is 4.74 Å². The molecule has 5 heteroatoms. The Morgan fingerprint density at radius 2 is 2.22 bits per heavy atom. The summed E-state index contributed by atoms with van der Waals surface area (Å²) in [5.74, 6) is 0. The van der Waals surface area contributed by atoms with Crippen LogP contribution >= 0.6 is 11.5 Å². The van der Waals surface area contributed by atoms with E-state index in [0.717, 1.165) is 38.3 Å². The molecular weight excluding hydrogens is 246 g/mol. The second kappa shape index (κ2) is 6.10. The number of likely N-dealkylation sites (N-methyl/N-ethyl adjacent to an activating group) is 1. The molecule has 1 unspecified atom stereocenters. The van der Waals surface area contributed by atoms with Crippen molar-refractivity contribution >= 4 is 11.5 Å². The van der Waals surface area contributed by atoms with Gasteiger partial charge in [-0.3, -0.25) is 0 Å². The van der Waals surface area contributed by atoms with E-state index in [9.17, 15) is 0 Å². The molecule has 1 aromatic heterocycles. The zero-order valence-corrected chi connectivity index (χ0v) is 12.3. The van der Waals surface area contributed by atoms with Crippen LogP contribution in [0.3, 0.4) is 0 Å². The smallest absolute Gasteiger partial charge is 0.0708 e. The minimum atomic E-state index is 0.225. The molecule has 0 radical (unpaired) electrons. The van der Waals surface area contributed by atoms with Crippen LogP contribution in [0.2, 0.25) is 0 Å². The van der Waals surface area contributed by atoms with Gasteiger partial charge in [-0.1, -0.05) is 0 Å². The molecule has 2 rings (SSSR count). The quantitative estimate of drug-likeness (QED) is 0.886. The fourth-order valence-electron chi connectivity index (χ4n) is 2.43. The van der Waals surface area contributed by atoms with Crippen LogP contribution in [0.5, 0.6) is 0 Å². The van der Waals surface area contributed by atoms with Crippen molar-refractivity contribution in [3.8, 4) is 0 Å². The average Bonchev–Trinajstić information content (AvgIpc) is 2.91. The van der Waals surface area contributed by atoms with Gasteiger partial charge in [0.1, 0.15) is 0 Å². The van der Waals surface area contributed by atoms with Crippen LogP contribution in [0.15, 0.2) is 11.4 Å². The predicted octanol–water partition coefficient (Wildman–Crippen LogP) is 1.90. The van der Waals surface area contributed by atoms with Crippen molar-refractivity contribution in [3.63, 3.8) is 0 Å². The Bertz CT molecular complexity index is 347. The third kappa shape index (κ3) is 3.09. The first kappa shape index (κ1) is 13.9. The summed E-state index contributed by atoms with van der Waals surface area (Å²) in [7, 11) is 4.33. The lowest BCUT2D eigenvalue weighted by Gasteiger charge is -2.43. The van der Waals surface area contributed by atoms with Crippen molar-refractivity contribution < 1.29 is 4.74 Å². The number of nitrogens with one attached hydrogen (secondary N) is 1. The first-order valence-electron chi connectivity index (χ1n) is 6.53. The standard InChI is InChI=1S/C13H23N3OS/c1-11(12-4-9-18-15-12)14-10-13(16(2)3)5-7-17-8-6-13/h4,9,11,14H,5-8,10H2,1-3H3. The number of aromatic nitrogens is 1. The topological polar surface area (TPSA) is 37.4 Å². The van der Waals surface area contributed by atoms with Crippen molar-refractivity contribution in [2.24, 2.45) is 0 Å². The maximum absolute atomic E-state index is 5.49. The van der Waals surface area contributed by atoms with Crippen LogP contribution in [0.1, 0.15) is 31.5 Å². The van der Waals surface area contributed by atoms with Gasteiger partial charge in [0.2, 0.25) is 0 Å². The van der Waals surface area contributed by atoms with E-state index in [1.807, 2.05) is 5.38 Å². The summed E-state index contributed by atoms with van der Waals surface area (Å²) in [6.07, 6.45) is 2.19. The van der Waals surface area contributed by atoms with Gasteiger partial charge in [0.15, 0.2) is 0 Å². The number of rotatable bonds is 5. The summed E-state index contributed by atoms with van der Waals surface area (Å²) in [4.78, 5) is 2.34. The highest BCUT2D eigenvalue weighted by atomic mass is 32.1. The molecule has 0 bridgehead atoms. The van der Waals surface area contributed by atoms with Crippen LogP contribution in [0.4, 0.5) is 0 Å². The molecule has 1 fully saturated rings. The Morgan fingerprint density at radius 1 is 1.50 bits per heavy atom. The zero-order valence-electron chi connectivity index (χ0n) is 11.5. The fraction of sp³-hybridized carbons (Fsp3) is 0.769. The van der Waals surface area contributed by atoms with Crippen molar-refractivity contribution in [2.45, 2.75) is 31.3 Å². The Kier molecular flexibility index (Phi) is 4.72. The number of nitrogens with zero attached hydrogens (tertiary/aromatic N) is 2. The SMILES string of the molecule is CC(NCC1(N(C)C)CCOCC1)c1ccsn1.